The highest BCUT2D eigenvalue weighted by molar-refractivity contribution is 5.90. The highest BCUT2D eigenvalue weighted by atomic mass is 16.6. The summed E-state index contributed by atoms with van der Waals surface area (Å²) in [5, 5.41) is 5.55. The maximum absolute atomic E-state index is 11.9. The maximum atomic E-state index is 11.9. The first-order chi connectivity index (χ1) is 12.1. The predicted octanol–water partition coefficient (Wildman–Crippen LogP) is 2.69. The summed E-state index contributed by atoms with van der Waals surface area (Å²) in [6, 6.07) is 6.68. The molecule has 2 aromatic rings. The van der Waals surface area contributed by atoms with Crippen LogP contribution in [0.4, 0.5) is 21.0 Å². The molecule has 0 aliphatic heterocycles. The average Bonchev–Trinajstić information content (AvgIpc) is 3.12. The van der Waals surface area contributed by atoms with Gasteiger partial charge in [0.1, 0.15) is 0 Å². The van der Waals surface area contributed by atoms with Gasteiger partial charge < -0.3 is 19.9 Å². The molecule has 0 aliphatic rings. The Morgan fingerprint density at radius 2 is 2.04 bits per heavy atom. The summed E-state index contributed by atoms with van der Waals surface area (Å²) in [6.45, 7) is 3.44. The van der Waals surface area contributed by atoms with Crippen LogP contribution in [-0.4, -0.2) is 41.9 Å². The number of ether oxygens (including phenoxy) is 1. The minimum atomic E-state index is -0.418. The lowest BCUT2D eigenvalue weighted by atomic mass is 10.2. The van der Waals surface area contributed by atoms with Crippen molar-refractivity contribution in [3.63, 3.8) is 0 Å². The van der Waals surface area contributed by atoms with Crippen molar-refractivity contribution in [2.75, 3.05) is 30.4 Å². The van der Waals surface area contributed by atoms with Crippen molar-refractivity contribution in [2.45, 2.75) is 19.9 Å². The number of aryl methyl sites for hydroxylation is 1. The van der Waals surface area contributed by atoms with Gasteiger partial charge in [0.15, 0.2) is 0 Å². The first-order valence-corrected chi connectivity index (χ1v) is 8.11. The van der Waals surface area contributed by atoms with E-state index in [4.69, 9.17) is 4.74 Å². The van der Waals surface area contributed by atoms with Gasteiger partial charge in [-0.05, 0) is 37.6 Å². The van der Waals surface area contributed by atoms with Gasteiger partial charge in [0.2, 0.25) is 0 Å². The maximum Gasteiger partial charge on any atom is 0.413 e. The Hall–Kier alpha value is -3.03. The number of nitrogens with one attached hydrogen (secondary N) is 2. The van der Waals surface area contributed by atoms with Crippen molar-refractivity contribution in [3.05, 3.63) is 43.0 Å². The van der Waals surface area contributed by atoms with Gasteiger partial charge in [0.05, 0.1) is 12.9 Å². The van der Waals surface area contributed by atoms with Gasteiger partial charge in [-0.1, -0.05) is 0 Å². The molecule has 3 amide bonds. The summed E-state index contributed by atoms with van der Waals surface area (Å²) >= 11 is 0. The van der Waals surface area contributed by atoms with E-state index in [0.717, 1.165) is 13.0 Å². The normalized spacial score (nSPS) is 10.2. The van der Waals surface area contributed by atoms with Crippen molar-refractivity contribution in [2.24, 2.45) is 0 Å². The Balaban J connectivity index is 1.74. The lowest BCUT2D eigenvalue weighted by Crippen LogP contribution is -2.30. The molecule has 0 saturated heterocycles. The number of carbonyl (C=O) groups is 2. The Morgan fingerprint density at radius 1 is 1.28 bits per heavy atom. The lowest BCUT2D eigenvalue weighted by Gasteiger charge is -2.17. The van der Waals surface area contributed by atoms with Crippen LogP contribution in [0.1, 0.15) is 13.3 Å². The smallest absolute Gasteiger partial charge is 0.413 e. The van der Waals surface area contributed by atoms with E-state index >= 15 is 0 Å². The Bertz CT molecular complexity index is 670. The van der Waals surface area contributed by atoms with Crippen LogP contribution in [0.2, 0.25) is 0 Å². The summed E-state index contributed by atoms with van der Waals surface area (Å²) in [6.07, 6.45) is 5.75. The number of aromatic nitrogens is 2. The minimum Gasteiger partial charge on any atom is -0.449 e. The number of rotatable bonds is 7. The highest BCUT2D eigenvalue weighted by Crippen LogP contribution is 2.17. The van der Waals surface area contributed by atoms with Gasteiger partial charge in [-0.2, -0.15) is 0 Å². The number of imidazole rings is 1. The first kappa shape index (κ1) is 18.3. The number of urea groups is 1. The topological polar surface area (TPSA) is 88.5 Å². The summed E-state index contributed by atoms with van der Waals surface area (Å²) in [7, 11) is 1.63. The second-order valence-electron chi connectivity index (χ2n) is 5.34. The van der Waals surface area contributed by atoms with Crippen LogP contribution < -0.4 is 15.5 Å². The van der Waals surface area contributed by atoms with Crippen molar-refractivity contribution < 1.29 is 14.3 Å². The van der Waals surface area contributed by atoms with E-state index in [1.54, 1.807) is 50.8 Å². The van der Waals surface area contributed by atoms with Crippen LogP contribution in [0.25, 0.3) is 0 Å². The summed E-state index contributed by atoms with van der Waals surface area (Å²) in [5.74, 6) is 0. The number of hydrogen-bond donors (Lipinski definition) is 2. The second kappa shape index (κ2) is 9.31. The molecule has 0 spiro atoms. The largest absolute Gasteiger partial charge is 0.449 e. The fourth-order valence-corrected chi connectivity index (χ4v) is 2.15. The van der Waals surface area contributed by atoms with Crippen molar-refractivity contribution >= 4 is 23.5 Å². The fraction of sp³-hybridized carbons (Fsp3) is 0.353. The van der Waals surface area contributed by atoms with E-state index < -0.39 is 6.09 Å². The Morgan fingerprint density at radius 3 is 2.68 bits per heavy atom. The fourth-order valence-electron chi connectivity index (χ4n) is 2.15. The van der Waals surface area contributed by atoms with Crippen molar-refractivity contribution in [1.29, 1.82) is 0 Å². The zero-order valence-electron chi connectivity index (χ0n) is 14.4. The van der Waals surface area contributed by atoms with E-state index in [9.17, 15) is 9.59 Å². The van der Waals surface area contributed by atoms with Gasteiger partial charge in [-0.15, -0.1) is 0 Å². The summed E-state index contributed by atoms with van der Waals surface area (Å²) in [4.78, 5) is 28.9. The van der Waals surface area contributed by atoms with Crippen LogP contribution in [0.3, 0.4) is 0 Å². The van der Waals surface area contributed by atoms with E-state index in [1.807, 2.05) is 10.8 Å². The number of benzene rings is 1. The molecule has 0 saturated carbocycles. The van der Waals surface area contributed by atoms with Gasteiger partial charge in [-0.25, -0.2) is 14.6 Å². The molecule has 0 bridgehead atoms. The van der Waals surface area contributed by atoms with Gasteiger partial charge in [-0.3, -0.25) is 4.90 Å². The molecule has 1 aromatic heterocycles. The quantitative estimate of drug-likeness (QED) is 0.755. The minimum absolute atomic E-state index is 0.267. The predicted molar refractivity (Wildman–Crippen MR) is 95.7 cm³/mol. The molecule has 1 aromatic carbocycles. The van der Waals surface area contributed by atoms with Gasteiger partial charge in [0.25, 0.3) is 0 Å². The third-order valence-electron chi connectivity index (χ3n) is 3.49. The van der Waals surface area contributed by atoms with Crippen molar-refractivity contribution in [1.82, 2.24) is 14.9 Å². The third kappa shape index (κ3) is 5.83. The molecule has 0 atom stereocenters. The molecule has 0 fully saturated rings. The molecular weight excluding hydrogens is 322 g/mol. The molecule has 2 rings (SSSR count). The average molecular weight is 345 g/mol. The standard InChI is InChI=1S/C17H23N5O3/c1-3-25-17(24)21(2)15-7-5-14(6-8-15)20-16(23)19-9-4-11-22-12-10-18-13-22/h5-8,10,12-13H,3-4,9,11H2,1-2H3,(H2,19,20,23). The molecule has 25 heavy (non-hydrogen) atoms. The summed E-state index contributed by atoms with van der Waals surface area (Å²) < 4.78 is 6.89. The van der Waals surface area contributed by atoms with Crippen LogP contribution in [0.15, 0.2) is 43.0 Å². The second-order valence-corrected chi connectivity index (χ2v) is 5.34. The zero-order chi connectivity index (χ0) is 18.1. The molecule has 8 nitrogen and oxygen atoms in total. The number of nitrogens with zero attached hydrogens (tertiary/aromatic N) is 3. The van der Waals surface area contributed by atoms with E-state index in [-0.39, 0.29) is 6.03 Å². The number of amides is 3. The monoisotopic (exact) mass is 345 g/mol. The van der Waals surface area contributed by atoms with Crippen molar-refractivity contribution in [3.8, 4) is 0 Å². The van der Waals surface area contributed by atoms with E-state index in [0.29, 0.717) is 24.5 Å². The van der Waals surface area contributed by atoms with E-state index in [1.165, 1.54) is 4.90 Å². The van der Waals surface area contributed by atoms with Crippen LogP contribution in [-0.2, 0) is 11.3 Å². The number of anilines is 2. The highest BCUT2D eigenvalue weighted by Gasteiger charge is 2.11. The van der Waals surface area contributed by atoms with Gasteiger partial charge in [0, 0.05) is 43.9 Å². The van der Waals surface area contributed by atoms with Gasteiger partial charge >= 0.3 is 12.1 Å². The van der Waals surface area contributed by atoms with Crippen LogP contribution >= 0.6 is 0 Å². The molecule has 1 heterocycles. The van der Waals surface area contributed by atoms with Crippen LogP contribution in [0, 0.1) is 0 Å². The third-order valence-corrected chi connectivity index (χ3v) is 3.49. The number of hydrogen-bond acceptors (Lipinski definition) is 4. The molecule has 0 unspecified atom stereocenters. The first-order valence-electron chi connectivity index (χ1n) is 8.11. The Kier molecular flexibility index (Phi) is 6.82. The van der Waals surface area contributed by atoms with Crippen LogP contribution in [0.5, 0.6) is 0 Å². The lowest BCUT2D eigenvalue weighted by molar-refractivity contribution is 0.161. The molecule has 0 aliphatic carbocycles. The zero-order valence-corrected chi connectivity index (χ0v) is 14.4. The molecular formula is C17H23N5O3. The molecule has 134 valence electrons. The van der Waals surface area contributed by atoms with E-state index in [2.05, 4.69) is 15.6 Å². The molecule has 2 N–H and O–H groups in total. The SMILES string of the molecule is CCOC(=O)N(C)c1ccc(NC(=O)NCCCn2ccnc2)cc1. The Labute approximate surface area is 146 Å². The number of carbonyl (C=O) groups excluding carboxylic acids is 2. The summed E-state index contributed by atoms with van der Waals surface area (Å²) in [5.41, 5.74) is 1.33. The molecule has 0 radical (unpaired) electrons. The molecule has 8 heteroatoms.